The van der Waals surface area contributed by atoms with Crippen LogP contribution in [0.2, 0.25) is 0 Å². The van der Waals surface area contributed by atoms with Crippen LogP contribution in [0.15, 0.2) is 32.9 Å². The van der Waals surface area contributed by atoms with E-state index in [1.807, 2.05) is 25.0 Å². The number of rotatable bonds is 1. The first-order valence-electron chi connectivity index (χ1n) is 6.40. The van der Waals surface area contributed by atoms with E-state index in [1.54, 1.807) is 22.6 Å². The maximum Gasteiger partial charge on any atom is 0.261 e. The third-order valence-electron chi connectivity index (χ3n) is 3.57. The van der Waals surface area contributed by atoms with Crippen LogP contribution >= 0.6 is 23.5 Å². The molecule has 0 N–H and O–H groups in total. The van der Waals surface area contributed by atoms with Gasteiger partial charge < -0.3 is 0 Å². The molecule has 1 aromatic rings. The summed E-state index contributed by atoms with van der Waals surface area (Å²) < 4.78 is 1.69. The standard InChI is InChI=1S/C13H12N4OS2/c1-17-5-7(4-14-17)11-15-12(18)10-8-2-3-19-6-9(8)20-13(10)16-11/h4-5,10H,2-3,6H2,1H3. The maximum absolute atomic E-state index is 12.4. The number of nitrogens with zero attached hydrogens (tertiary/aromatic N) is 4. The number of amides is 1. The van der Waals surface area contributed by atoms with Crippen LogP contribution in [-0.4, -0.2) is 38.1 Å². The smallest absolute Gasteiger partial charge is 0.261 e. The van der Waals surface area contributed by atoms with Gasteiger partial charge in [0.2, 0.25) is 0 Å². The van der Waals surface area contributed by atoms with Gasteiger partial charge in [0.05, 0.1) is 16.8 Å². The van der Waals surface area contributed by atoms with Gasteiger partial charge in [-0.2, -0.15) is 21.9 Å². The molecule has 1 aromatic heterocycles. The summed E-state index contributed by atoms with van der Waals surface area (Å²) in [5.41, 5.74) is 2.05. The summed E-state index contributed by atoms with van der Waals surface area (Å²) in [5, 5.41) is 5.01. The Hall–Kier alpha value is -1.34. The van der Waals surface area contributed by atoms with Crippen molar-refractivity contribution in [1.29, 1.82) is 0 Å². The molecule has 0 aromatic carbocycles. The molecule has 1 atom stereocenters. The van der Waals surface area contributed by atoms with Gasteiger partial charge in [-0.3, -0.25) is 9.48 Å². The molecule has 3 aliphatic heterocycles. The molecule has 0 aliphatic carbocycles. The molecule has 4 rings (SSSR count). The number of fused-ring (bicyclic) bond motifs is 2. The molecule has 5 nitrogen and oxygen atoms in total. The summed E-state index contributed by atoms with van der Waals surface area (Å²) in [7, 11) is 1.84. The van der Waals surface area contributed by atoms with E-state index in [-0.39, 0.29) is 11.8 Å². The predicted molar refractivity (Wildman–Crippen MR) is 82.2 cm³/mol. The van der Waals surface area contributed by atoms with Gasteiger partial charge in [-0.25, -0.2) is 4.99 Å². The highest BCUT2D eigenvalue weighted by atomic mass is 32.2. The van der Waals surface area contributed by atoms with E-state index in [9.17, 15) is 4.79 Å². The molecule has 1 unspecified atom stereocenters. The summed E-state index contributed by atoms with van der Waals surface area (Å²) in [6.07, 6.45) is 4.51. The van der Waals surface area contributed by atoms with Gasteiger partial charge in [0.15, 0.2) is 5.84 Å². The quantitative estimate of drug-likeness (QED) is 0.794. The molecule has 20 heavy (non-hydrogen) atoms. The third-order valence-corrected chi connectivity index (χ3v) is 5.93. The number of aromatic nitrogens is 2. The summed E-state index contributed by atoms with van der Waals surface area (Å²) >= 11 is 3.59. The van der Waals surface area contributed by atoms with Crippen LogP contribution in [-0.2, 0) is 11.8 Å². The molecule has 0 bridgehead atoms. The highest BCUT2D eigenvalue weighted by molar-refractivity contribution is 8.18. The van der Waals surface area contributed by atoms with Gasteiger partial charge in [0, 0.05) is 23.9 Å². The van der Waals surface area contributed by atoms with Crippen molar-refractivity contribution >= 4 is 40.3 Å². The number of amidine groups is 1. The number of hydrogen-bond acceptors (Lipinski definition) is 5. The Balaban J connectivity index is 1.72. The molecule has 102 valence electrons. The summed E-state index contributed by atoms with van der Waals surface area (Å²) in [6, 6.07) is 0. The third kappa shape index (κ3) is 1.88. The molecule has 0 radical (unpaired) electrons. The fourth-order valence-electron chi connectivity index (χ4n) is 2.62. The minimum absolute atomic E-state index is 0.0711. The Kier molecular flexibility index (Phi) is 2.85. The number of hydrogen-bond donors (Lipinski definition) is 0. The van der Waals surface area contributed by atoms with Crippen molar-refractivity contribution in [2.45, 2.75) is 6.42 Å². The number of aliphatic imine (C=N–C) groups is 2. The van der Waals surface area contributed by atoms with Gasteiger partial charge in [0.1, 0.15) is 5.92 Å². The highest BCUT2D eigenvalue weighted by Gasteiger charge is 2.40. The van der Waals surface area contributed by atoms with E-state index in [1.165, 1.54) is 10.5 Å². The summed E-state index contributed by atoms with van der Waals surface area (Å²) in [6.45, 7) is 0. The van der Waals surface area contributed by atoms with Crippen molar-refractivity contribution in [3.05, 3.63) is 28.4 Å². The molecule has 1 amide bonds. The first-order valence-corrected chi connectivity index (χ1v) is 8.37. The van der Waals surface area contributed by atoms with Gasteiger partial charge >= 0.3 is 0 Å². The minimum atomic E-state index is -0.198. The zero-order valence-corrected chi connectivity index (χ0v) is 12.5. The summed E-state index contributed by atoms with van der Waals surface area (Å²) in [4.78, 5) is 22.5. The Morgan fingerprint density at radius 1 is 1.40 bits per heavy atom. The second kappa shape index (κ2) is 4.60. The van der Waals surface area contributed by atoms with Crippen molar-refractivity contribution in [3.8, 4) is 0 Å². The Morgan fingerprint density at radius 2 is 2.30 bits per heavy atom. The van der Waals surface area contributed by atoms with Crippen molar-refractivity contribution in [1.82, 2.24) is 9.78 Å². The van der Waals surface area contributed by atoms with Crippen molar-refractivity contribution < 1.29 is 4.79 Å². The van der Waals surface area contributed by atoms with E-state index in [0.29, 0.717) is 5.84 Å². The van der Waals surface area contributed by atoms with Gasteiger partial charge in [0.25, 0.3) is 5.91 Å². The monoisotopic (exact) mass is 304 g/mol. The molecule has 7 heteroatoms. The fourth-order valence-corrected chi connectivity index (χ4v) is 5.08. The van der Waals surface area contributed by atoms with E-state index in [2.05, 4.69) is 15.1 Å². The second-order valence-electron chi connectivity index (χ2n) is 4.91. The summed E-state index contributed by atoms with van der Waals surface area (Å²) in [5.74, 6) is 2.32. The molecule has 0 spiro atoms. The fraction of sp³-hybridized carbons (Fsp3) is 0.385. The lowest BCUT2D eigenvalue weighted by Gasteiger charge is -2.17. The molecule has 0 fully saturated rings. The zero-order chi connectivity index (χ0) is 13.7. The van der Waals surface area contributed by atoms with Gasteiger partial charge in [-0.1, -0.05) is 11.8 Å². The lowest BCUT2D eigenvalue weighted by atomic mass is 9.96. The molecule has 4 heterocycles. The molecule has 3 aliphatic rings. The van der Waals surface area contributed by atoms with Gasteiger partial charge in [-0.05, 0) is 17.7 Å². The molecular weight excluding hydrogens is 292 g/mol. The number of thioether (sulfide) groups is 2. The van der Waals surface area contributed by atoms with Crippen LogP contribution < -0.4 is 0 Å². The first kappa shape index (κ1) is 12.4. The first-order chi connectivity index (χ1) is 9.72. The normalized spacial score (nSPS) is 25.2. The van der Waals surface area contributed by atoms with Crippen LogP contribution in [0, 0.1) is 5.92 Å². The van der Waals surface area contributed by atoms with Crippen LogP contribution in [0.3, 0.4) is 0 Å². The van der Waals surface area contributed by atoms with Crippen molar-refractivity contribution in [2.24, 2.45) is 23.0 Å². The predicted octanol–water partition coefficient (Wildman–Crippen LogP) is 1.86. The average molecular weight is 304 g/mol. The lowest BCUT2D eigenvalue weighted by Crippen LogP contribution is -2.26. The molecule has 0 saturated carbocycles. The minimum Gasteiger partial charge on any atom is -0.275 e. The lowest BCUT2D eigenvalue weighted by molar-refractivity contribution is -0.118. The Labute approximate surface area is 124 Å². The molecule has 0 saturated heterocycles. The van der Waals surface area contributed by atoms with Crippen LogP contribution in [0.1, 0.15) is 12.0 Å². The van der Waals surface area contributed by atoms with Crippen LogP contribution in [0.5, 0.6) is 0 Å². The Bertz CT molecular complexity index is 701. The van der Waals surface area contributed by atoms with Crippen molar-refractivity contribution in [2.75, 3.05) is 11.5 Å². The highest BCUT2D eigenvalue weighted by Crippen LogP contribution is 2.46. The Morgan fingerprint density at radius 3 is 3.10 bits per heavy atom. The van der Waals surface area contributed by atoms with Crippen LogP contribution in [0.4, 0.5) is 0 Å². The average Bonchev–Trinajstić information content (AvgIpc) is 3.01. The van der Waals surface area contributed by atoms with E-state index >= 15 is 0 Å². The number of carbonyl (C=O) groups is 1. The second-order valence-corrected chi connectivity index (χ2v) is 7.13. The van der Waals surface area contributed by atoms with E-state index in [0.717, 1.165) is 28.5 Å². The van der Waals surface area contributed by atoms with E-state index in [4.69, 9.17) is 0 Å². The van der Waals surface area contributed by atoms with Crippen molar-refractivity contribution in [3.63, 3.8) is 0 Å². The maximum atomic E-state index is 12.4. The van der Waals surface area contributed by atoms with Gasteiger partial charge in [-0.15, -0.1) is 0 Å². The molecular formula is C13H12N4OS2. The SMILES string of the molecule is Cn1cc(C2=NC(=O)C3C(=N2)SC2=C3CCSC2)cn1. The number of carbonyl (C=O) groups excluding carboxylic acids is 1. The largest absolute Gasteiger partial charge is 0.275 e. The number of aryl methyl sites for hydroxylation is 1. The van der Waals surface area contributed by atoms with Crippen LogP contribution in [0.25, 0.3) is 0 Å². The zero-order valence-electron chi connectivity index (χ0n) is 10.9. The van der Waals surface area contributed by atoms with E-state index < -0.39 is 0 Å². The topological polar surface area (TPSA) is 59.6 Å².